The monoisotopic (exact) mass is 392 g/mol. The molecule has 0 aliphatic rings. The van der Waals surface area contributed by atoms with Crippen LogP contribution in [0.2, 0.25) is 5.02 Å². The molecule has 0 fully saturated rings. The van der Waals surface area contributed by atoms with Crippen LogP contribution in [0.25, 0.3) is 10.2 Å². The minimum Gasteiger partial charge on any atom is -0.380 e. The standard InChI is InChI=1S/C19H18ClFN2O2S/c1-2-25-11-10-23-18-15(21)4-3-5-16(18)26-19(23)22-17(24)12-13-6-8-14(20)9-7-13/h3-9H,2,10-12H2,1H3. The Morgan fingerprint density at radius 3 is 2.77 bits per heavy atom. The van der Waals surface area contributed by atoms with Gasteiger partial charge in [-0.05, 0) is 36.8 Å². The molecule has 0 spiro atoms. The lowest BCUT2D eigenvalue weighted by atomic mass is 10.1. The van der Waals surface area contributed by atoms with Gasteiger partial charge >= 0.3 is 0 Å². The van der Waals surface area contributed by atoms with Crippen LogP contribution in [-0.4, -0.2) is 23.7 Å². The third kappa shape index (κ3) is 4.38. The van der Waals surface area contributed by atoms with Crippen molar-refractivity contribution in [3.8, 4) is 0 Å². The van der Waals surface area contributed by atoms with Crippen LogP contribution in [0.4, 0.5) is 4.39 Å². The second-order valence-corrected chi connectivity index (χ2v) is 7.07. The van der Waals surface area contributed by atoms with Gasteiger partial charge in [-0.1, -0.05) is 41.1 Å². The van der Waals surface area contributed by atoms with Gasteiger partial charge in [-0.3, -0.25) is 4.79 Å². The highest BCUT2D eigenvalue weighted by Crippen LogP contribution is 2.20. The van der Waals surface area contributed by atoms with Gasteiger partial charge in [0.15, 0.2) is 4.80 Å². The number of ether oxygens (including phenoxy) is 1. The quantitative estimate of drug-likeness (QED) is 0.590. The van der Waals surface area contributed by atoms with Gasteiger partial charge in [-0.25, -0.2) is 4.39 Å². The van der Waals surface area contributed by atoms with Crippen molar-refractivity contribution in [3.63, 3.8) is 0 Å². The van der Waals surface area contributed by atoms with E-state index in [1.54, 1.807) is 34.9 Å². The Balaban J connectivity index is 1.95. The lowest BCUT2D eigenvalue weighted by Crippen LogP contribution is -2.20. The van der Waals surface area contributed by atoms with Gasteiger partial charge in [0.25, 0.3) is 5.91 Å². The number of para-hydroxylation sites is 1. The molecule has 1 amide bonds. The maximum absolute atomic E-state index is 14.3. The summed E-state index contributed by atoms with van der Waals surface area (Å²) in [5.41, 5.74) is 1.28. The average molecular weight is 393 g/mol. The Kier molecular flexibility index (Phi) is 6.19. The van der Waals surface area contributed by atoms with Gasteiger partial charge in [-0.2, -0.15) is 4.99 Å². The molecule has 1 heterocycles. The molecule has 1 aromatic heterocycles. The molecular weight excluding hydrogens is 375 g/mol. The minimum absolute atomic E-state index is 0.166. The van der Waals surface area contributed by atoms with Crippen molar-refractivity contribution in [2.24, 2.45) is 4.99 Å². The molecule has 3 rings (SSSR count). The first kappa shape index (κ1) is 18.8. The van der Waals surface area contributed by atoms with E-state index in [1.807, 2.05) is 13.0 Å². The highest BCUT2D eigenvalue weighted by molar-refractivity contribution is 7.16. The number of nitrogens with zero attached hydrogens (tertiary/aromatic N) is 2. The molecule has 0 N–H and O–H groups in total. The Hall–Kier alpha value is -2.02. The number of aromatic nitrogens is 1. The second kappa shape index (κ2) is 8.58. The fourth-order valence-electron chi connectivity index (χ4n) is 2.60. The van der Waals surface area contributed by atoms with E-state index in [-0.39, 0.29) is 18.1 Å². The SMILES string of the molecule is CCOCCn1c(=NC(=O)Cc2ccc(Cl)cc2)sc2cccc(F)c21. The Morgan fingerprint density at radius 2 is 2.04 bits per heavy atom. The van der Waals surface area contributed by atoms with Crippen LogP contribution in [0.3, 0.4) is 0 Å². The van der Waals surface area contributed by atoms with E-state index in [2.05, 4.69) is 4.99 Å². The Labute approximate surface area is 159 Å². The number of hydrogen-bond acceptors (Lipinski definition) is 3. The number of fused-ring (bicyclic) bond motifs is 1. The maximum Gasteiger partial charge on any atom is 0.252 e. The molecule has 2 aromatic carbocycles. The summed E-state index contributed by atoms with van der Waals surface area (Å²) < 4.78 is 22.1. The molecule has 0 unspecified atom stereocenters. The van der Waals surface area contributed by atoms with Gasteiger partial charge in [0.2, 0.25) is 0 Å². The molecule has 136 valence electrons. The fourth-order valence-corrected chi connectivity index (χ4v) is 3.82. The molecular formula is C19H18ClFN2O2S. The summed E-state index contributed by atoms with van der Waals surface area (Å²) in [6, 6.07) is 11.9. The predicted molar refractivity (Wildman–Crippen MR) is 102 cm³/mol. The van der Waals surface area contributed by atoms with Crippen LogP contribution < -0.4 is 4.80 Å². The van der Waals surface area contributed by atoms with E-state index in [0.717, 1.165) is 10.3 Å². The summed E-state index contributed by atoms with van der Waals surface area (Å²) >= 11 is 7.16. The van der Waals surface area contributed by atoms with Gasteiger partial charge in [0.1, 0.15) is 5.82 Å². The van der Waals surface area contributed by atoms with Crippen molar-refractivity contribution in [1.29, 1.82) is 0 Å². The first-order chi connectivity index (χ1) is 12.6. The molecule has 0 bridgehead atoms. The zero-order chi connectivity index (χ0) is 18.5. The van der Waals surface area contributed by atoms with Crippen molar-refractivity contribution >= 4 is 39.1 Å². The third-order valence-electron chi connectivity index (χ3n) is 3.80. The highest BCUT2D eigenvalue weighted by atomic mass is 35.5. The Bertz CT molecular complexity index is 979. The molecule has 0 saturated heterocycles. The first-order valence-corrected chi connectivity index (χ1v) is 9.45. The lowest BCUT2D eigenvalue weighted by molar-refractivity contribution is -0.117. The summed E-state index contributed by atoms with van der Waals surface area (Å²) in [7, 11) is 0. The topological polar surface area (TPSA) is 43.6 Å². The molecule has 26 heavy (non-hydrogen) atoms. The summed E-state index contributed by atoms with van der Waals surface area (Å²) in [4.78, 5) is 17.1. The van der Waals surface area contributed by atoms with E-state index in [1.165, 1.54) is 17.4 Å². The lowest BCUT2D eigenvalue weighted by Gasteiger charge is -2.06. The van der Waals surface area contributed by atoms with E-state index in [4.69, 9.17) is 16.3 Å². The molecule has 0 aliphatic carbocycles. The predicted octanol–water partition coefficient (Wildman–Crippen LogP) is 4.20. The third-order valence-corrected chi connectivity index (χ3v) is 5.10. The second-order valence-electron chi connectivity index (χ2n) is 5.63. The van der Waals surface area contributed by atoms with Gasteiger partial charge in [0, 0.05) is 18.2 Å². The van der Waals surface area contributed by atoms with Gasteiger partial charge in [-0.15, -0.1) is 0 Å². The normalized spacial score (nSPS) is 12.0. The van der Waals surface area contributed by atoms with Crippen LogP contribution in [0.5, 0.6) is 0 Å². The largest absolute Gasteiger partial charge is 0.380 e. The van der Waals surface area contributed by atoms with Crippen molar-refractivity contribution < 1.29 is 13.9 Å². The van der Waals surface area contributed by atoms with Crippen molar-refractivity contribution in [1.82, 2.24) is 4.57 Å². The number of rotatable bonds is 6. The number of thiazole rings is 1. The molecule has 7 heteroatoms. The summed E-state index contributed by atoms with van der Waals surface area (Å²) in [5.74, 6) is -0.619. The zero-order valence-corrected chi connectivity index (χ0v) is 15.8. The number of carbonyl (C=O) groups is 1. The number of carbonyl (C=O) groups excluding carboxylic acids is 1. The number of hydrogen-bond donors (Lipinski definition) is 0. The van der Waals surface area contributed by atoms with Gasteiger partial charge in [0.05, 0.1) is 23.2 Å². The number of halogens is 2. The number of amides is 1. The maximum atomic E-state index is 14.3. The molecule has 0 aliphatic heterocycles. The van der Waals surface area contributed by atoms with E-state index >= 15 is 0 Å². The summed E-state index contributed by atoms with van der Waals surface area (Å²) in [6.07, 6.45) is 0.166. The van der Waals surface area contributed by atoms with Crippen LogP contribution >= 0.6 is 22.9 Å². The van der Waals surface area contributed by atoms with E-state index in [0.29, 0.717) is 35.1 Å². The molecule has 0 saturated carbocycles. The molecule has 3 aromatic rings. The minimum atomic E-state index is -0.332. The summed E-state index contributed by atoms with van der Waals surface area (Å²) in [6.45, 7) is 3.34. The van der Waals surface area contributed by atoms with Crippen LogP contribution in [-0.2, 0) is 22.5 Å². The number of benzene rings is 2. The van der Waals surface area contributed by atoms with Crippen LogP contribution in [0.15, 0.2) is 47.5 Å². The molecule has 0 atom stereocenters. The molecule has 4 nitrogen and oxygen atoms in total. The van der Waals surface area contributed by atoms with Crippen molar-refractivity contribution in [3.05, 3.63) is 63.7 Å². The Morgan fingerprint density at radius 1 is 1.27 bits per heavy atom. The highest BCUT2D eigenvalue weighted by Gasteiger charge is 2.12. The average Bonchev–Trinajstić information content (AvgIpc) is 2.96. The van der Waals surface area contributed by atoms with E-state index in [9.17, 15) is 9.18 Å². The zero-order valence-electron chi connectivity index (χ0n) is 14.2. The molecule has 0 radical (unpaired) electrons. The van der Waals surface area contributed by atoms with Crippen LogP contribution in [0, 0.1) is 5.82 Å². The summed E-state index contributed by atoms with van der Waals surface area (Å²) in [5, 5.41) is 0.617. The van der Waals surface area contributed by atoms with Crippen molar-refractivity contribution in [2.75, 3.05) is 13.2 Å². The van der Waals surface area contributed by atoms with Crippen LogP contribution in [0.1, 0.15) is 12.5 Å². The smallest absolute Gasteiger partial charge is 0.252 e. The van der Waals surface area contributed by atoms with Crippen molar-refractivity contribution in [2.45, 2.75) is 19.9 Å². The van der Waals surface area contributed by atoms with Gasteiger partial charge < -0.3 is 9.30 Å². The fraction of sp³-hybridized carbons (Fsp3) is 0.263. The first-order valence-electron chi connectivity index (χ1n) is 8.26. The van der Waals surface area contributed by atoms with E-state index < -0.39 is 0 Å².